The van der Waals surface area contributed by atoms with E-state index in [4.69, 9.17) is 0 Å². The Morgan fingerprint density at radius 2 is 2.00 bits per heavy atom. The van der Waals surface area contributed by atoms with E-state index < -0.39 is 0 Å². The number of benzene rings is 1. The zero-order chi connectivity index (χ0) is 19.1. The number of carbonyl (C=O) groups is 2. The molecule has 3 rings (SSSR count). The van der Waals surface area contributed by atoms with Crippen LogP contribution in [-0.4, -0.2) is 16.8 Å². The molecule has 5 nitrogen and oxygen atoms in total. The van der Waals surface area contributed by atoms with Crippen LogP contribution in [-0.2, 0) is 11.3 Å². The number of aryl methyl sites for hydroxylation is 1. The molecule has 2 amide bonds. The van der Waals surface area contributed by atoms with E-state index in [1.807, 2.05) is 54.8 Å². The van der Waals surface area contributed by atoms with E-state index in [0.29, 0.717) is 5.56 Å². The van der Waals surface area contributed by atoms with Gasteiger partial charge in [0.05, 0.1) is 12.2 Å². The lowest BCUT2D eigenvalue weighted by Crippen LogP contribution is -2.34. The lowest BCUT2D eigenvalue weighted by atomic mass is 10.1. The predicted molar refractivity (Wildman–Crippen MR) is 107 cm³/mol. The molecule has 0 saturated heterocycles. The average molecular weight is 377 g/mol. The maximum Gasteiger partial charge on any atom is 0.268 e. The number of carbonyl (C=O) groups excluding carboxylic acids is 2. The molecule has 3 aromatic rings. The number of hydrogen-bond donors (Lipinski definition) is 2. The molecule has 0 unspecified atom stereocenters. The molecule has 136 valence electrons. The minimum Gasteiger partial charge on any atom is -0.345 e. The summed E-state index contributed by atoms with van der Waals surface area (Å²) in [5.74, 6) is -0.690. The number of hydrogen-bond acceptors (Lipinski definition) is 4. The maximum absolute atomic E-state index is 12.7. The molecule has 0 atom stereocenters. The molecule has 0 spiro atoms. The average Bonchev–Trinajstić information content (AvgIpc) is 3.19. The summed E-state index contributed by atoms with van der Waals surface area (Å²) in [5.41, 5.74) is 2.42. The van der Waals surface area contributed by atoms with Crippen LogP contribution in [0.25, 0.3) is 6.08 Å². The van der Waals surface area contributed by atoms with E-state index in [0.717, 1.165) is 16.1 Å². The van der Waals surface area contributed by atoms with Gasteiger partial charge in [-0.15, -0.1) is 11.3 Å². The number of nitrogens with zero attached hydrogens (tertiary/aromatic N) is 1. The van der Waals surface area contributed by atoms with Gasteiger partial charge in [0, 0.05) is 16.6 Å². The van der Waals surface area contributed by atoms with Gasteiger partial charge in [-0.3, -0.25) is 14.6 Å². The SMILES string of the molecule is Cc1cccc(C(=O)N/C(=C\c2cccs2)C(=O)NCc2ccccn2)c1. The fourth-order valence-electron chi connectivity index (χ4n) is 2.42. The minimum absolute atomic E-state index is 0.194. The molecular weight excluding hydrogens is 358 g/mol. The van der Waals surface area contributed by atoms with Gasteiger partial charge in [-0.1, -0.05) is 29.8 Å². The van der Waals surface area contributed by atoms with Crippen molar-refractivity contribution < 1.29 is 9.59 Å². The fraction of sp³-hybridized carbons (Fsp3) is 0.0952. The van der Waals surface area contributed by atoms with Crippen LogP contribution in [0.1, 0.15) is 26.5 Å². The highest BCUT2D eigenvalue weighted by Gasteiger charge is 2.15. The van der Waals surface area contributed by atoms with Gasteiger partial charge >= 0.3 is 0 Å². The molecule has 2 heterocycles. The molecule has 0 aliphatic rings. The third-order valence-corrected chi connectivity index (χ3v) is 4.58. The molecule has 1 aromatic carbocycles. The second-order valence-corrected chi connectivity index (χ2v) is 6.88. The Hall–Kier alpha value is -3.25. The van der Waals surface area contributed by atoms with Gasteiger partial charge in [-0.2, -0.15) is 0 Å². The number of nitrogens with one attached hydrogen (secondary N) is 2. The van der Waals surface area contributed by atoms with Gasteiger partial charge in [0.2, 0.25) is 0 Å². The fourth-order valence-corrected chi connectivity index (χ4v) is 3.08. The van der Waals surface area contributed by atoms with E-state index in [1.165, 1.54) is 11.3 Å². The molecule has 6 heteroatoms. The molecule has 27 heavy (non-hydrogen) atoms. The van der Waals surface area contributed by atoms with Gasteiger partial charge in [0.25, 0.3) is 11.8 Å². The summed E-state index contributed by atoms with van der Waals surface area (Å²) in [4.78, 5) is 30.3. The first kappa shape index (κ1) is 18.5. The van der Waals surface area contributed by atoms with Crippen LogP contribution >= 0.6 is 11.3 Å². The maximum atomic E-state index is 12.7. The summed E-state index contributed by atoms with van der Waals surface area (Å²) in [7, 11) is 0. The van der Waals surface area contributed by atoms with Crippen molar-refractivity contribution in [3.8, 4) is 0 Å². The number of pyridine rings is 1. The van der Waals surface area contributed by atoms with Crippen molar-refractivity contribution in [2.75, 3.05) is 0 Å². The largest absolute Gasteiger partial charge is 0.345 e. The quantitative estimate of drug-likeness (QED) is 0.646. The Morgan fingerprint density at radius 1 is 1.11 bits per heavy atom. The van der Waals surface area contributed by atoms with Gasteiger partial charge in [-0.05, 0) is 48.7 Å². The highest BCUT2D eigenvalue weighted by Crippen LogP contribution is 2.13. The lowest BCUT2D eigenvalue weighted by molar-refractivity contribution is -0.117. The van der Waals surface area contributed by atoms with Crippen LogP contribution in [0.5, 0.6) is 0 Å². The molecule has 0 radical (unpaired) electrons. The number of aromatic nitrogens is 1. The third kappa shape index (κ3) is 5.36. The van der Waals surface area contributed by atoms with E-state index in [9.17, 15) is 9.59 Å². The highest BCUT2D eigenvalue weighted by molar-refractivity contribution is 7.10. The zero-order valence-electron chi connectivity index (χ0n) is 14.8. The van der Waals surface area contributed by atoms with Crippen molar-refractivity contribution >= 4 is 29.2 Å². The molecule has 0 fully saturated rings. The first-order valence-electron chi connectivity index (χ1n) is 8.43. The normalized spacial score (nSPS) is 11.1. The van der Waals surface area contributed by atoms with Crippen LogP contribution in [0.15, 0.2) is 71.9 Å². The van der Waals surface area contributed by atoms with Crippen molar-refractivity contribution in [2.24, 2.45) is 0 Å². The van der Waals surface area contributed by atoms with Gasteiger partial charge in [-0.25, -0.2) is 0 Å². The highest BCUT2D eigenvalue weighted by atomic mass is 32.1. The van der Waals surface area contributed by atoms with Crippen LogP contribution in [0.3, 0.4) is 0 Å². The topological polar surface area (TPSA) is 71.1 Å². The Bertz CT molecular complexity index is 951. The Kier molecular flexibility index (Phi) is 6.12. The van der Waals surface area contributed by atoms with Crippen LogP contribution in [0.2, 0.25) is 0 Å². The summed E-state index contributed by atoms with van der Waals surface area (Å²) in [6.07, 6.45) is 3.34. The molecule has 0 bridgehead atoms. The molecular formula is C21H19N3O2S. The summed E-state index contributed by atoms with van der Waals surface area (Å²) < 4.78 is 0. The van der Waals surface area contributed by atoms with Crippen molar-refractivity contribution in [2.45, 2.75) is 13.5 Å². The van der Waals surface area contributed by atoms with E-state index >= 15 is 0 Å². The molecule has 0 saturated carbocycles. The van der Waals surface area contributed by atoms with Crippen LogP contribution in [0, 0.1) is 6.92 Å². The predicted octanol–water partition coefficient (Wildman–Crippen LogP) is 3.54. The smallest absolute Gasteiger partial charge is 0.268 e. The van der Waals surface area contributed by atoms with Gasteiger partial charge in [0.15, 0.2) is 0 Å². The van der Waals surface area contributed by atoms with E-state index in [-0.39, 0.29) is 24.1 Å². The Labute approximate surface area is 161 Å². The van der Waals surface area contributed by atoms with E-state index in [1.54, 1.807) is 24.4 Å². The van der Waals surface area contributed by atoms with Gasteiger partial charge < -0.3 is 10.6 Å². The zero-order valence-corrected chi connectivity index (χ0v) is 15.6. The summed E-state index contributed by atoms with van der Waals surface area (Å²) in [5, 5.41) is 7.45. The van der Waals surface area contributed by atoms with Crippen molar-refractivity contribution in [3.05, 3.63) is 93.6 Å². The Morgan fingerprint density at radius 3 is 2.70 bits per heavy atom. The second kappa shape index (κ2) is 8.91. The minimum atomic E-state index is -0.366. The molecule has 0 aliphatic carbocycles. The van der Waals surface area contributed by atoms with Crippen LogP contribution in [0.4, 0.5) is 0 Å². The summed E-state index contributed by atoms with van der Waals surface area (Å²) in [6, 6.07) is 16.5. The first-order valence-corrected chi connectivity index (χ1v) is 9.31. The molecule has 0 aliphatic heterocycles. The number of amides is 2. The van der Waals surface area contributed by atoms with Crippen LogP contribution < -0.4 is 10.6 Å². The molecule has 2 aromatic heterocycles. The lowest BCUT2D eigenvalue weighted by Gasteiger charge is -2.11. The number of thiophene rings is 1. The van der Waals surface area contributed by atoms with Crippen molar-refractivity contribution in [1.29, 1.82) is 0 Å². The standard InChI is InChI=1S/C21H19N3O2S/c1-15-6-4-7-16(12-15)20(25)24-19(13-18-9-5-11-27-18)21(26)23-14-17-8-2-3-10-22-17/h2-13H,14H2,1H3,(H,23,26)(H,24,25)/b19-13-. The van der Waals surface area contributed by atoms with Gasteiger partial charge in [0.1, 0.15) is 5.70 Å². The van der Waals surface area contributed by atoms with Crippen molar-refractivity contribution in [1.82, 2.24) is 15.6 Å². The number of rotatable bonds is 6. The summed E-state index contributed by atoms with van der Waals surface area (Å²) in [6.45, 7) is 2.19. The second-order valence-electron chi connectivity index (χ2n) is 5.90. The Balaban J connectivity index is 1.76. The van der Waals surface area contributed by atoms with Crippen molar-refractivity contribution in [3.63, 3.8) is 0 Å². The monoisotopic (exact) mass is 377 g/mol. The third-order valence-electron chi connectivity index (χ3n) is 3.76. The van der Waals surface area contributed by atoms with E-state index in [2.05, 4.69) is 15.6 Å². The summed E-state index contributed by atoms with van der Waals surface area (Å²) >= 11 is 1.49. The molecule has 2 N–H and O–H groups in total. The first-order chi connectivity index (χ1) is 13.1.